The van der Waals surface area contributed by atoms with Gasteiger partial charge in [-0.05, 0) is 27.7 Å². The minimum absolute atomic E-state index is 0.199. The Kier molecular flexibility index (Phi) is 3.70. The van der Waals surface area contributed by atoms with Crippen molar-refractivity contribution in [3.05, 3.63) is 17.0 Å². The molecule has 16 heavy (non-hydrogen) atoms. The highest BCUT2D eigenvalue weighted by Gasteiger charge is 2.21. The zero-order valence-corrected chi connectivity index (χ0v) is 10.1. The Morgan fingerprint density at radius 1 is 1.44 bits per heavy atom. The molecular weight excluding hydrogens is 208 g/mol. The summed E-state index contributed by atoms with van der Waals surface area (Å²) in [6.07, 6.45) is -1.27. The van der Waals surface area contributed by atoms with Crippen molar-refractivity contribution in [2.45, 2.75) is 46.3 Å². The Morgan fingerprint density at radius 2 is 2.00 bits per heavy atom. The van der Waals surface area contributed by atoms with Crippen molar-refractivity contribution in [2.75, 3.05) is 0 Å². The molecule has 1 aromatic heterocycles. The van der Waals surface area contributed by atoms with Crippen molar-refractivity contribution in [2.24, 2.45) is 0 Å². The highest BCUT2D eigenvalue weighted by molar-refractivity contribution is 5.67. The maximum atomic E-state index is 10.6. The summed E-state index contributed by atoms with van der Waals surface area (Å²) in [5.41, 5.74) is 2.16. The largest absolute Gasteiger partial charge is 0.481 e. The molecule has 0 aliphatic carbocycles. The predicted molar refractivity (Wildman–Crippen MR) is 59.3 cm³/mol. The molecule has 0 aliphatic heterocycles. The van der Waals surface area contributed by atoms with Gasteiger partial charge in [-0.25, -0.2) is 0 Å². The third kappa shape index (κ3) is 2.41. The van der Waals surface area contributed by atoms with Crippen LogP contribution < -0.4 is 0 Å². The van der Waals surface area contributed by atoms with Gasteiger partial charge in [-0.2, -0.15) is 5.10 Å². The van der Waals surface area contributed by atoms with E-state index in [1.165, 1.54) is 0 Å². The highest BCUT2D eigenvalue weighted by Crippen LogP contribution is 2.25. The molecule has 0 aliphatic rings. The summed E-state index contributed by atoms with van der Waals surface area (Å²) in [4.78, 5) is 10.6. The second-order valence-corrected chi connectivity index (χ2v) is 4.24. The first kappa shape index (κ1) is 12.7. The molecule has 0 bridgehead atoms. The highest BCUT2D eigenvalue weighted by atomic mass is 16.4. The fourth-order valence-corrected chi connectivity index (χ4v) is 1.93. The molecule has 1 rings (SSSR count). The lowest BCUT2D eigenvalue weighted by atomic mass is 10.0. The van der Waals surface area contributed by atoms with E-state index in [1.807, 2.05) is 20.8 Å². The van der Waals surface area contributed by atoms with Gasteiger partial charge in [0.05, 0.1) is 18.2 Å². The number of hydrogen-bond donors (Lipinski definition) is 2. The van der Waals surface area contributed by atoms with Crippen LogP contribution in [-0.2, 0) is 4.79 Å². The number of aliphatic carboxylic acids is 1. The smallest absolute Gasteiger partial charge is 0.306 e. The van der Waals surface area contributed by atoms with E-state index in [4.69, 9.17) is 5.11 Å². The van der Waals surface area contributed by atoms with Gasteiger partial charge < -0.3 is 10.2 Å². The molecule has 5 heteroatoms. The van der Waals surface area contributed by atoms with E-state index >= 15 is 0 Å². The molecule has 0 saturated heterocycles. The second-order valence-electron chi connectivity index (χ2n) is 4.24. The standard InChI is InChI=1S/C11H18N2O3/c1-6(2)13-8(4)11(7(3)12-13)9(14)5-10(15)16/h6,9,14H,5H2,1-4H3,(H,15,16). The Bertz CT molecular complexity index is 396. The lowest BCUT2D eigenvalue weighted by Crippen LogP contribution is -2.09. The number of carboxylic acid groups (broad SMARTS) is 1. The average Bonchev–Trinajstić information content (AvgIpc) is 2.40. The molecule has 1 atom stereocenters. The van der Waals surface area contributed by atoms with Crippen LogP contribution in [0.5, 0.6) is 0 Å². The van der Waals surface area contributed by atoms with Crippen LogP contribution in [0.25, 0.3) is 0 Å². The predicted octanol–water partition coefficient (Wildman–Crippen LogP) is 1.59. The molecular formula is C11H18N2O3. The van der Waals surface area contributed by atoms with Crippen LogP contribution in [0.4, 0.5) is 0 Å². The first-order chi connectivity index (χ1) is 7.34. The van der Waals surface area contributed by atoms with E-state index in [9.17, 15) is 9.90 Å². The summed E-state index contributed by atoms with van der Waals surface area (Å²) in [5, 5.41) is 22.8. The van der Waals surface area contributed by atoms with Gasteiger partial charge in [0.15, 0.2) is 0 Å². The number of aryl methyl sites for hydroxylation is 1. The molecule has 0 aromatic carbocycles. The minimum Gasteiger partial charge on any atom is -0.481 e. The van der Waals surface area contributed by atoms with Gasteiger partial charge in [-0.3, -0.25) is 9.48 Å². The normalized spacial score (nSPS) is 13.1. The first-order valence-corrected chi connectivity index (χ1v) is 5.30. The van der Waals surface area contributed by atoms with Crippen LogP contribution in [0.1, 0.15) is 49.4 Å². The number of carboxylic acids is 1. The molecule has 0 radical (unpaired) electrons. The summed E-state index contributed by atoms with van der Waals surface area (Å²) in [7, 11) is 0. The van der Waals surface area contributed by atoms with Crippen LogP contribution in [0.15, 0.2) is 0 Å². The van der Waals surface area contributed by atoms with Gasteiger partial charge in [0.2, 0.25) is 0 Å². The summed E-state index contributed by atoms with van der Waals surface area (Å²) >= 11 is 0. The monoisotopic (exact) mass is 226 g/mol. The van der Waals surface area contributed by atoms with Crippen molar-refractivity contribution in [1.29, 1.82) is 0 Å². The molecule has 1 heterocycles. The molecule has 0 spiro atoms. The van der Waals surface area contributed by atoms with Crippen LogP contribution in [0.3, 0.4) is 0 Å². The zero-order valence-electron chi connectivity index (χ0n) is 10.1. The Balaban J connectivity index is 3.09. The lowest BCUT2D eigenvalue weighted by Gasteiger charge is -2.11. The van der Waals surface area contributed by atoms with Crippen LogP contribution in [0, 0.1) is 13.8 Å². The number of hydrogen-bond acceptors (Lipinski definition) is 3. The maximum Gasteiger partial charge on any atom is 0.306 e. The fourth-order valence-electron chi connectivity index (χ4n) is 1.93. The SMILES string of the molecule is Cc1nn(C(C)C)c(C)c1C(O)CC(=O)O. The Hall–Kier alpha value is -1.36. The molecule has 5 nitrogen and oxygen atoms in total. The summed E-state index contributed by atoms with van der Waals surface area (Å²) < 4.78 is 1.80. The summed E-state index contributed by atoms with van der Waals surface area (Å²) in [6.45, 7) is 7.62. The van der Waals surface area contributed by atoms with Gasteiger partial charge in [-0.15, -0.1) is 0 Å². The first-order valence-electron chi connectivity index (χ1n) is 5.30. The van der Waals surface area contributed by atoms with Gasteiger partial charge >= 0.3 is 5.97 Å². The van der Waals surface area contributed by atoms with Gasteiger partial charge in [0, 0.05) is 17.3 Å². The van der Waals surface area contributed by atoms with Gasteiger partial charge in [-0.1, -0.05) is 0 Å². The van der Waals surface area contributed by atoms with E-state index in [2.05, 4.69) is 5.10 Å². The number of nitrogens with zero attached hydrogens (tertiary/aromatic N) is 2. The zero-order chi connectivity index (χ0) is 12.5. The van der Waals surface area contributed by atoms with E-state index in [0.717, 1.165) is 5.69 Å². The average molecular weight is 226 g/mol. The molecule has 1 aromatic rings. The Morgan fingerprint density at radius 3 is 2.38 bits per heavy atom. The van der Waals surface area contributed by atoms with E-state index in [1.54, 1.807) is 11.6 Å². The maximum absolute atomic E-state index is 10.6. The number of aliphatic hydroxyl groups excluding tert-OH is 1. The molecule has 0 amide bonds. The van der Waals surface area contributed by atoms with Crippen LogP contribution >= 0.6 is 0 Å². The molecule has 0 saturated carbocycles. The molecule has 90 valence electrons. The number of aromatic nitrogens is 2. The van der Waals surface area contributed by atoms with Gasteiger partial charge in [0.25, 0.3) is 0 Å². The molecule has 1 unspecified atom stereocenters. The van der Waals surface area contributed by atoms with Crippen molar-refractivity contribution in [3.8, 4) is 0 Å². The molecule has 0 fully saturated rings. The third-order valence-electron chi connectivity index (χ3n) is 2.57. The third-order valence-corrected chi connectivity index (χ3v) is 2.57. The van der Waals surface area contributed by atoms with Crippen molar-refractivity contribution < 1.29 is 15.0 Å². The second kappa shape index (κ2) is 4.65. The van der Waals surface area contributed by atoms with E-state index < -0.39 is 12.1 Å². The van der Waals surface area contributed by atoms with Crippen molar-refractivity contribution in [3.63, 3.8) is 0 Å². The topological polar surface area (TPSA) is 75.3 Å². The summed E-state index contributed by atoms with van der Waals surface area (Å²) in [5.74, 6) is -1.01. The van der Waals surface area contributed by atoms with Gasteiger partial charge in [0.1, 0.15) is 0 Å². The van der Waals surface area contributed by atoms with Crippen LogP contribution in [-0.4, -0.2) is 26.0 Å². The minimum atomic E-state index is -1.01. The molecule has 2 N–H and O–H groups in total. The van der Waals surface area contributed by atoms with E-state index in [-0.39, 0.29) is 12.5 Å². The summed E-state index contributed by atoms with van der Waals surface area (Å²) in [6, 6.07) is 0.199. The van der Waals surface area contributed by atoms with Crippen LogP contribution in [0.2, 0.25) is 0 Å². The Labute approximate surface area is 94.7 Å². The van der Waals surface area contributed by atoms with Crippen molar-refractivity contribution in [1.82, 2.24) is 9.78 Å². The lowest BCUT2D eigenvalue weighted by molar-refractivity contribution is -0.139. The number of carbonyl (C=O) groups is 1. The number of aliphatic hydroxyl groups is 1. The number of rotatable bonds is 4. The van der Waals surface area contributed by atoms with Crippen molar-refractivity contribution >= 4 is 5.97 Å². The fraction of sp³-hybridized carbons (Fsp3) is 0.636. The quantitative estimate of drug-likeness (QED) is 0.817. The van der Waals surface area contributed by atoms with E-state index in [0.29, 0.717) is 11.3 Å².